The summed E-state index contributed by atoms with van der Waals surface area (Å²) in [7, 11) is 0. The van der Waals surface area contributed by atoms with Gasteiger partial charge >= 0.3 is 5.97 Å². The lowest BCUT2D eigenvalue weighted by Gasteiger charge is -2.38. The summed E-state index contributed by atoms with van der Waals surface area (Å²) in [6.45, 7) is 2.63. The zero-order valence-corrected chi connectivity index (χ0v) is 18.9. The lowest BCUT2D eigenvalue weighted by molar-refractivity contribution is -0.181. The quantitative estimate of drug-likeness (QED) is 0.456. The largest absolute Gasteiger partial charge is 0.447 e. The van der Waals surface area contributed by atoms with Crippen LogP contribution in [-0.4, -0.2) is 58.5 Å². The average Bonchev–Trinajstić information content (AvgIpc) is 3.57. The van der Waals surface area contributed by atoms with E-state index in [1.165, 1.54) is 12.1 Å². The fraction of sp³-hybridized carbons (Fsp3) is 0.640. The highest BCUT2D eigenvalue weighted by atomic mass is 19.1. The van der Waals surface area contributed by atoms with Crippen molar-refractivity contribution in [3.05, 3.63) is 35.6 Å². The molecule has 3 N–H and O–H groups in total. The van der Waals surface area contributed by atoms with Gasteiger partial charge in [0.2, 0.25) is 0 Å². The minimum absolute atomic E-state index is 0.0199. The van der Waals surface area contributed by atoms with Crippen molar-refractivity contribution in [1.29, 1.82) is 0 Å². The molecule has 1 aromatic rings. The number of hydrogen-bond acceptors (Lipinski definition) is 6. The number of nitrogens with two attached hydrogens (primary N) is 1. The van der Waals surface area contributed by atoms with Crippen molar-refractivity contribution >= 4 is 17.7 Å². The summed E-state index contributed by atoms with van der Waals surface area (Å²) in [6.07, 6.45) is 5.58. The second-order valence-corrected chi connectivity index (χ2v) is 10.00. The molecule has 8 heteroatoms. The molecule has 0 atom stereocenters. The van der Waals surface area contributed by atoms with Crippen LogP contribution in [-0.2, 0) is 14.3 Å². The van der Waals surface area contributed by atoms with E-state index in [-0.39, 0.29) is 17.5 Å². The fourth-order valence-electron chi connectivity index (χ4n) is 5.06. The van der Waals surface area contributed by atoms with Crippen molar-refractivity contribution in [2.45, 2.75) is 69.0 Å². The number of hydrogen-bond donors (Lipinski definition) is 2. The summed E-state index contributed by atoms with van der Waals surface area (Å²) in [5.41, 5.74) is 3.43. The van der Waals surface area contributed by atoms with E-state index in [9.17, 15) is 23.9 Å². The van der Waals surface area contributed by atoms with Crippen molar-refractivity contribution in [3.63, 3.8) is 0 Å². The van der Waals surface area contributed by atoms with Crippen LogP contribution in [0, 0.1) is 17.7 Å². The van der Waals surface area contributed by atoms with Gasteiger partial charge in [-0.25, -0.2) is 9.18 Å². The Hall–Kier alpha value is -2.32. The zero-order valence-electron chi connectivity index (χ0n) is 18.9. The molecule has 180 valence electrons. The molecule has 1 heterocycles. The van der Waals surface area contributed by atoms with E-state index < -0.39 is 23.1 Å². The lowest BCUT2D eigenvalue weighted by Crippen LogP contribution is -2.52. The number of amides is 1. The Morgan fingerprint density at radius 2 is 1.64 bits per heavy atom. The van der Waals surface area contributed by atoms with Gasteiger partial charge in [0.05, 0.1) is 0 Å². The Morgan fingerprint density at radius 1 is 1.03 bits per heavy atom. The smallest absolute Gasteiger partial charge is 0.339 e. The number of carbonyl (C=O) groups is 3. The van der Waals surface area contributed by atoms with Crippen molar-refractivity contribution in [2.75, 3.05) is 19.6 Å². The van der Waals surface area contributed by atoms with Gasteiger partial charge in [0.15, 0.2) is 17.0 Å². The van der Waals surface area contributed by atoms with E-state index in [0.717, 1.165) is 51.7 Å². The first-order valence-electron chi connectivity index (χ1n) is 12.0. The van der Waals surface area contributed by atoms with Gasteiger partial charge in [0.1, 0.15) is 5.82 Å². The number of piperidine rings is 1. The molecule has 3 fully saturated rings. The maximum Gasteiger partial charge on any atom is 0.339 e. The van der Waals surface area contributed by atoms with Crippen LogP contribution in [0.1, 0.15) is 68.1 Å². The van der Waals surface area contributed by atoms with Crippen LogP contribution in [0.2, 0.25) is 0 Å². The standard InChI is InChI=1S/C25H33FN2O5/c26-20-3-1-18(2-4-20)21(29)19-8-15-28(16-9-19)14-7-17-5-10-25(11-6-17,22(27)30)33-23(31)24(32)12-13-24/h1-4,17,19,32H,5-16H2,(H2,27,30). The molecule has 0 spiro atoms. The molecular formula is C25H33FN2O5. The molecule has 1 amide bonds. The highest BCUT2D eigenvalue weighted by molar-refractivity contribution is 5.97. The van der Waals surface area contributed by atoms with E-state index in [1.807, 2.05) is 0 Å². The van der Waals surface area contributed by atoms with Crippen molar-refractivity contribution in [2.24, 2.45) is 17.6 Å². The van der Waals surface area contributed by atoms with Crippen LogP contribution in [0.25, 0.3) is 0 Å². The number of ether oxygens (including phenoxy) is 1. The molecule has 2 saturated carbocycles. The van der Waals surface area contributed by atoms with Crippen molar-refractivity contribution in [1.82, 2.24) is 4.90 Å². The molecule has 0 radical (unpaired) electrons. The van der Waals surface area contributed by atoms with E-state index in [0.29, 0.717) is 37.2 Å². The van der Waals surface area contributed by atoms with Gasteiger partial charge in [-0.1, -0.05) is 0 Å². The molecule has 4 rings (SSSR count). The topological polar surface area (TPSA) is 110 Å². The number of benzene rings is 1. The van der Waals surface area contributed by atoms with Crippen LogP contribution < -0.4 is 5.73 Å². The van der Waals surface area contributed by atoms with Gasteiger partial charge in [-0.05, 0) is 108 Å². The Kier molecular flexibility index (Phi) is 6.86. The van der Waals surface area contributed by atoms with Crippen LogP contribution in [0.4, 0.5) is 4.39 Å². The second kappa shape index (κ2) is 9.50. The Balaban J connectivity index is 1.20. The van der Waals surface area contributed by atoms with E-state index in [4.69, 9.17) is 10.5 Å². The summed E-state index contributed by atoms with van der Waals surface area (Å²) in [6, 6.07) is 5.77. The summed E-state index contributed by atoms with van der Waals surface area (Å²) in [5.74, 6) is -1.21. The molecule has 7 nitrogen and oxygen atoms in total. The summed E-state index contributed by atoms with van der Waals surface area (Å²) in [4.78, 5) is 39.3. The number of Topliss-reactive ketones (excluding diaryl/α,β-unsaturated/α-hetero) is 1. The molecule has 33 heavy (non-hydrogen) atoms. The summed E-state index contributed by atoms with van der Waals surface area (Å²) < 4.78 is 18.6. The molecule has 2 aliphatic carbocycles. The predicted octanol–water partition coefficient (Wildman–Crippen LogP) is 2.59. The number of ketones is 1. The van der Waals surface area contributed by atoms with Gasteiger partial charge in [-0.2, -0.15) is 0 Å². The number of nitrogens with zero attached hydrogens (tertiary/aromatic N) is 1. The predicted molar refractivity (Wildman–Crippen MR) is 119 cm³/mol. The number of primary amides is 1. The first-order valence-corrected chi connectivity index (χ1v) is 12.0. The molecule has 0 bridgehead atoms. The lowest BCUT2D eigenvalue weighted by atomic mass is 9.76. The highest BCUT2D eigenvalue weighted by Crippen LogP contribution is 2.41. The maximum absolute atomic E-state index is 13.1. The first kappa shape index (κ1) is 23.8. The Bertz CT molecular complexity index is 883. The monoisotopic (exact) mass is 460 g/mol. The normalized spacial score (nSPS) is 27.6. The second-order valence-electron chi connectivity index (χ2n) is 10.00. The maximum atomic E-state index is 13.1. The van der Waals surface area contributed by atoms with Crippen LogP contribution in [0.5, 0.6) is 0 Å². The molecule has 1 aliphatic heterocycles. The van der Waals surface area contributed by atoms with Crippen LogP contribution in [0.3, 0.4) is 0 Å². The molecule has 0 unspecified atom stereocenters. The van der Waals surface area contributed by atoms with Gasteiger partial charge < -0.3 is 20.5 Å². The number of aliphatic hydroxyl groups is 1. The SMILES string of the molecule is NC(=O)C1(OC(=O)C2(O)CC2)CCC(CCN2CCC(C(=O)c3ccc(F)cc3)CC2)CC1. The van der Waals surface area contributed by atoms with E-state index >= 15 is 0 Å². The minimum Gasteiger partial charge on any atom is -0.447 e. The number of likely N-dealkylation sites (tertiary alicyclic amines) is 1. The van der Waals surface area contributed by atoms with Crippen LogP contribution in [0.15, 0.2) is 24.3 Å². The first-order chi connectivity index (χ1) is 15.7. The van der Waals surface area contributed by atoms with E-state index in [2.05, 4.69) is 4.90 Å². The fourth-order valence-corrected chi connectivity index (χ4v) is 5.06. The zero-order chi connectivity index (χ0) is 23.6. The minimum atomic E-state index is -1.43. The van der Waals surface area contributed by atoms with Gasteiger partial charge in [-0.15, -0.1) is 0 Å². The van der Waals surface area contributed by atoms with Gasteiger partial charge in [-0.3, -0.25) is 9.59 Å². The number of esters is 1. The van der Waals surface area contributed by atoms with Crippen LogP contribution >= 0.6 is 0 Å². The average molecular weight is 461 g/mol. The molecule has 1 aromatic carbocycles. The molecule has 0 aromatic heterocycles. The molecular weight excluding hydrogens is 427 g/mol. The number of carbonyl (C=O) groups excluding carboxylic acids is 3. The summed E-state index contributed by atoms with van der Waals surface area (Å²) >= 11 is 0. The van der Waals surface area contributed by atoms with Crippen molar-refractivity contribution in [3.8, 4) is 0 Å². The van der Waals surface area contributed by atoms with Gasteiger partial charge in [0.25, 0.3) is 5.91 Å². The summed E-state index contributed by atoms with van der Waals surface area (Å²) in [5, 5.41) is 9.96. The molecule has 1 saturated heterocycles. The number of rotatable bonds is 8. The molecule has 3 aliphatic rings. The Morgan fingerprint density at radius 3 is 2.18 bits per heavy atom. The third-order valence-electron chi connectivity index (χ3n) is 7.69. The third-order valence-corrected chi connectivity index (χ3v) is 7.69. The Labute approximate surface area is 193 Å². The highest BCUT2D eigenvalue weighted by Gasteiger charge is 2.54. The van der Waals surface area contributed by atoms with Crippen molar-refractivity contribution < 1.29 is 28.6 Å². The third kappa shape index (κ3) is 5.44. The number of halogens is 1. The van der Waals surface area contributed by atoms with Gasteiger partial charge in [0, 0.05) is 11.5 Å². The van der Waals surface area contributed by atoms with E-state index in [1.54, 1.807) is 12.1 Å².